The summed E-state index contributed by atoms with van der Waals surface area (Å²) in [6.45, 7) is 1.62. The Morgan fingerprint density at radius 3 is 2.75 bits per heavy atom. The average molecular weight is 223 g/mol. The van der Waals surface area contributed by atoms with Crippen LogP contribution in [0.4, 0.5) is 0 Å². The van der Waals surface area contributed by atoms with Crippen molar-refractivity contribution >= 4 is 6.29 Å². The predicted octanol–water partition coefficient (Wildman–Crippen LogP) is 1.41. The first-order valence-corrected chi connectivity index (χ1v) is 5.13. The van der Waals surface area contributed by atoms with Crippen molar-refractivity contribution in [3.05, 3.63) is 29.8 Å². The van der Waals surface area contributed by atoms with E-state index in [1.54, 1.807) is 18.2 Å². The molecular weight excluding hydrogens is 206 g/mol. The number of nitrogens with zero attached hydrogens (tertiary/aromatic N) is 1. The van der Waals surface area contributed by atoms with Gasteiger partial charge in [0.25, 0.3) is 0 Å². The maximum Gasteiger partial charge on any atom is 0.189 e. The lowest BCUT2D eigenvalue weighted by Gasteiger charge is -2.11. The number of carbonyl (C=O) groups is 1. The van der Waals surface area contributed by atoms with Gasteiger partial charge in [-0.05, 0) is 26.2 Å². The first kappa shape index (κ1) is 12.7. The number of para-hydroxylation sites is 1. The van der Waals surface area contributed by atoms with Gasteiger partial charge in [-0.1, -0.05) is 12.1 Å². The van der Waals surface area contributed by atoms with E-state index in [-0.39, 0.29) is 6.79 Å². The second-order valence-corrected chi connectivity index (χ2v) is 3.63. The Morgan fingerprint density at radius 2 is 2.06 bits per heavy atom. The summed E-state index contributed by atoms with van der Waals surface area (Å²) in [5, 5.41) is 0. The molecule has 16 heavy (non-hydrogen) atoms. The van der Waals surface area contributed by atoms with Crippen LogP contribution in [-0.4, -0.2) is 45.2 Å². The number of hydrogen-bond donors (Lipinski definition) is 0. The van der Waals surface area contributed by atoms with Crippen molar-refractivity contribution in [1.29, 1.82) is 0 Å². The summed E-state index contributed by atoms with van der Waals surface area (Å²) in [7, 11) is 3.96. The van der Waals surface area contributed by atoms with E-state index in [1.807, 2.05) is 25.1 Å². The van der Waals surface area contributed by atoms with Gasteiger partial charge in [0.05, 0.1) is 12.2 Å². The molecule has 0 amide bonds. The van der Waals surface area contributed by atoms with E-state index in [9.17, 15) is 4.79 Å². The van der Waals surface area contributed by atoms with E-state index in [2.05, 4.69) is 0 Å². The molecule has 0 saturated heterocycles. The van der Waals surface area contributed by atoms with Gasteiger partial charge < -0.3 is 14.4 Å². The van der Waals surface area contributed by atoms with E-state index in [0.717, 1.165) is 12.8 Å². The predicted molar refractivity (Wildman–Crippen MR) is 61.8 cm³/mol. The second kappa shape index (κ2) is 6.98. The number of benzene rings is 1. The highest BCUT2D eigenvalue weighted by Gasteiger charge is 2.00. The highest BCUT2D eigenvalue weighted by Crippen LogP contribution is 2.15. The maximum absolute atomic E-state index is 10.7. The largest absolute Gasteiger partial charge is 0.467 e. The standard InChI is InChI=1S/C12H17NO3/c1-13(2)7-8-15-10-16-12-6-4-3-5-11(12)9-14/h3-6,9H,7-8,10H2,1-2H3. The fourth-order valence-corrected chi connectivity index (χ4v) is 1.12. The molecule has 0 unspecified atom stereocenters. The molecule has 0 bridgehead atoms. The first-order chi connectivity index (χ1) is 7.74. The highest BCUT2D eigenvalue weighted by atomic mass is 16.7. The van der Waals surface area contributed by atoms with Crippen LogP contribution in [-0.2, 0) is 4.74 Å². The maximum atomic E-state index is 10.7. The van der Waals surface area contributed by atoms with Gasteiger partial charge in [0, 0.05) is 6.54 Å². The Kier molecular flexibility index (Phi) is 5.53. The van der Waals surface area contributed by atoms with Crippen molar-refractivity contribution in [1.82, 2.24) is 4.90 Å². The Bertz CT molecular complexity index is 326. The van der Waals surface area contributed by atoms with E-state index in [0.29, 0.717) is 17.9 Å². The minimum absolute atomic E-state index is 0.165. The van der Waals surface area contributed by atoms with Crippen LogP contribution in [0, 0.1) is 0 Å². The SMILES string of the molecule is CN(C)CCOCOc1ccccc1C=O. The fourth-order valence-electron chi connectivity index (χ4n) is 1.12. The normalized spacial score (nSPS) is 10.4. The monoisotopic (exact) mass is 223 g/mol. The summed E-state index contributed by atoms with van der Waals surface area (Å²) >= 11 is 0. The van der Waals surface area contributed by atoms with Crippen molar-refractivity contribution in [2.45, 2.75) is 0 Å². The molecule has 0 saturated carbocycles. The van der Waals surface area contributed by atoms with Crippen LogP contribution in [0.1, 0.15) is 10.4 Å². The molecule has 0 spiro atoms. The molecule has 1 aromatic rings. The molecule has 0 heterocycles. The quantitative estimate of drug-likeness (QED) is 0.398. The lowest BCUT2D eigenvalue weighted by molar-refractivity contribution is 0.00934. The molecule has 0 N–H and O–H groups in total. The molecule has 0 atom stereocenters. The number of hydrogen-bond acceptors (Lipinski definition) is 4. The third-order valence-electron chi connectivity index (χ3n) is 2.03. The van der Waals surface area contributed by atoms with Crippen molar-refractivity contribution in [2.24, 2.45) is 0 Å². The molecule has 0 fully saturated rings. The minimum atomic E-state index is 0.165. The summed E-state index contributed by atoms with van der Waals surface area (Å²) in [6.07, 6.45) is 0.773. The minimum Gasteiger partial charge on any atom is -0.467 e. The molecule has 0 aliphatic carbocycles. The van der Waals surface area contributed by atoms with Gasteiger partial charge in [-0.2, -0.15) is 0 Å². The van der Waals surface area contributed by atoms with Crippen LogP contribution in [0.2, 0.25) is 0 Å². The van der Waals surface area contributed by atoms with Gasteiger partial charge in [-0.3, -0.25) is 4.79 Å². The zero-order chi connectivity index (χ0) is 11.8. The highest BCUT2D eigenvalue weighted by molar-refractivity contribution is 5.79. The third kappa shape index (κ3) is 4.42. The molecule has 88 valence electrons. The second-order valence-electron chi connectivity index (χ2n) is 3.63. The zero-order valence-corrected chi connectivity index (χ0v) is 9.68. The van der Waals surface area contributed by atoms with Crippen molar-refractivity contribution in [3.8, 4) is 5.75 Å². The van der Waals surface area contributed by atoms with Crippen LogP contribution in [0.25, 0.3) is 0 Å². The lowest BCUT2D eigenvalue weighted by atomic mass is 10.2. The molecule has 1 rings (SSSR count). The number of ether oxygens (including phenoxy) is 2. The van der Waals surface area contributed by atoms with Crippen LogP contribution < -0.4 is 4.74 Å². The van der Waals surface area contributed by atoms with Gasteiger partial charge in [0.2, 0.25) is 0 Å². The smallest absolute Gasteiger partial charge is 0.189 e. The third-order valence-corrected chi connectivity index (χ3v) is 2.03. The lowest BCUT2D eigenvalue weighted by Crippen LogP contribution is -2.19. The molecule has 0 radical (unpaired) electrons. The Balaban J connectivity index is 2.29. The van der Waals surface area contributed by atoms with Gasteiger partial charge in [-0.15, -0.1) is 0 Å². The molecule has 0 aliphatic heterocycles. The van der Waals surface area contributed by atoms with Gasteiger partial charge in [-0.25, -0.2) is 0 Å². The van der Waals surface area contributed by atoms with E-state index in [4.69, 9.17) is 9.47 Å². The zero-order valence-electron chi connectivity index (χ0n) is 9.68. The summed E-state index contributed by atoms with van der Waals surface area (Å²) in [5.41, 5.74) is 0.540. The number of aldehydes is 1. The van der Waals surface area contributed by atoms with Crippen LogP contribution in [0.3, 0.4) is 0 Å². The van der Waals surface area contributed by atoms with E-state index in [1.165, 1.54) is 0 Å². The van der Waals surface area contributed by atoms with Crippen molar-refractivity contribution in [3.63, 3.8) is 0 Å². The summed E-state index contributed by atoms with van der Waals surface area (Å²) in [6, 6.07) is 7.08. The summed E-state index contributed by atoms with van der Waals surface area (Å²) < 4.78 is 10.6. The fraction of sp³-hybridized carbons (Fsp3) is 0.417. The molecule has 0 aliphatic rings. The number of rotatable bonds is 7. The van der Waals surface area contributed by atoms with Crippen molar-refractivity contribution in [2.75, 3.05) is 34.0 Å². The Morgan fingerprint density at radius 1 is 1.31 bits per heavy atom. The molecule has 0 aromatic heterocycles. The van der Waals surface area contributed by atoms with Gasteiger partial charge in [0.1, 0.15) is 5.75 Å². The van der Waals surface area contributed by atoms with Crippen LogP contribution in [0.15, 0.2) is 24.3 Å². The van der Waals surface area contributed by atoms with Crippen LogP contribution >= 0.6 is 0 Å². The molecule has 1 aromatic carbocycles. The number of likely N-dealkylation sites (N-methyl/N-ethyl adjacent to an activating group) is 1. The molecular formula is C12H17NO3. The Labute approximate surface area is 95.8 Å². The van der Waals surface area contributed by atoms with E-state index < -0.39 is 0 Å². The van der Waals surface area contributed by atoms with Crippen LogP contribution in [0.5, 0.6) is 5.75 Å². The average Bonchev–Trinajstić information content (AvgIpc) is 2.29. The Hall–Kier alpha value is -1.39. The van der Waals surface area contributed by atoms with Gasteiger partial charge in [0.15, 0.2) is 13.1 Å². The first-order valence-electron chi connectivity index (χ1n) is 5.13. The summed E-state index contributed by atoms with van der Waals surface area (Å²) in [4.78, 5) is 12.7. The molecule has 4 heteroatoms. The number of carbonyl (C=O) groups excluding carboxylic acids is 1. The topological polar surface area (TPSA) is 38.8 Å². The molecule has 4 nitrogen and oxygen atoms in total. The summed E-state index contributed by atoms with van der Waals surface area (Å²) in [5.74, 6) is 0.558. The van der Waals surface area contributed by atoms with E-state index >= 15 is 0 Å². The van der Waals surface area contributed by atoms with Crippen molar-refractivity contribution < 1.29 is 14.3 Å². The van der Waals surface area contributed by atoms with Gasteiger partial charge >= 0.3 is 0 Å².